The molecule has 0 aromatic carbocycles. The zero-order chi connectivity index (χ0) is 12.0. The summed E-state index contributed by atoms with van der Waals surface area (Å²) in [6.45, 7) is 0.268. The van der Waals surface area contributed by atoms with E-state index in [4.69, 9.17) is 9.84 Å². The Kier molecular flexibility index (Phi) is 5.24. The lowest BCUT2D eigenvalue weighted by Gasteiger charge is -2.08. The number of aliphatic hydroxyl groups excluding tert-OH is 1. The Bertz CT molecular complexity index is 358. The van der Waals surface area contributed by atoms with Gasteiger partial charge in [0.1, 0.15) is 5.69 Å². The van der Waals surface area contributed by atoms with Crippen LogP contribution in [0.1, 0.15) is 10.5 Å². The summed E-state index contributed by atoms with van der Waals surface area (Å²) in [7, 11) is 1.52. The zero-order valence-corrected chi connectivity index (χ0v) is 9.61. The van der Waals surface area contributed by atoms with Crippen LogP contribution in [0.3, 0.4) is 0 Å². The average molecular weight is 243 g/mol. The molecule has 0 aliphatic rings. The third-order valence-corrected chi connectivity index (χ3v) is 2.89. The van der Waals surface area contributed by atoms with Crippen molar-refractivity contribution in [2.24, 2.45) is 0 Å². The number of hydrogen-bond donors (Lipinski definition) is 2. The number of nitrogens with zero attached hydrogens (tertiary/aromatic N) is 1. The maximum Gasteiger partial charge on any atom is 0.354 e. The Balaban J connectivity index is 2.54. The molecule has 0 radical (unpaired) electrons. The predicted molar refractivity (Wildman–Crippen MR) is 59.8 cm³/mol. The number of carboxylic acids is 1. The third kappa shape index (κ3) is 4.18. The molecule has 1 unspecified atom stereocenters. The third-order valence-electron chi connectivity index (χ3n) is 1.75. The molecule has 1 aromatic heterocycles. The van der Waals surface area contributed by atoms with Crippen LogP contribution >= 0.6 is 11.8 Å². The van der Waals surface area contributed by atoms with Crippen LogP contribution in [0.5, 0.6) is 0 Å². The Labute approximate surface area is 97.5 Å². The predicted octanol–water partition coefficient (Wildman–Crippen LogP) is 0.879. The van der Waals surface area contributed by atoms with E-state index in [0.29, 0.717) is 5.75 Å². The van der Waals surface area contributed by atoms with Crippen molar-refractivity contribution in [3.8, 4) is 0 Å². The Morgan fingerprint density at radius 3 is 3.06 bits per heavy atom. The standard InChI is InChI=1S/C10H13NO4S/c1-15-5-7(12)6-16-8-2-3-11-9(4-8)10(13)14/h2-4,7,12H,5-6H2,1H3,(H,13,14). The first-order chi connectivity index (χ1) is 7.63. The zero-order valence-electron chi connectivity index (χ0n) is 8.79. The fraction of sp³-hybridized carbons (Fsp3) is 0.400. The minimum atomic E-state index is -1.06. The van der Waals surface area contributed by atoms with E-state index in [2.05, 4.69) is 4.98 Å². The van der Waals surface area contributed by atoms with Gasteiger partial charge in [-0.05, 0) is 12.1 Å². The smallest absolute Gasteiger partial charge is 0.354 e. The van der Waals surface area contributed by atoms with E-state index in [9.17, 15) is 9.90 Å². The number of thioether (sulfide) groups is 1. The fourth-order valence-electron chi connectivity index (χ4n) is 1.05. The molecule has 88 valence electrons. The Morgan fingerprint density at radius 1 is 1.69 bits per heavy atom. The highest BCUT2D eigenvalue weighted by atomic mass is 32.2. The number of pyridine rings is 1. The van der Waals surface area contributed by atoms with Gasteiger partial charge in [-0.1, -0.05) is 0 Å². The summed E-state index contributed by atoms with van der Waals surface area (Å²) in [6, 6.07) is 3.18. The molecule has 1 aromatic rings. The molecular weight excluding hydrogens is 230 g/mol. The number of hydrogen-bond acceptors (Lipinski definition) is 5. The van der Waals surface area contributed by atoms with E-state index in [-0.39, 0.29) is 12.3 Å². The first-order valence-electron chi connectivity index (χ1n) is 4.62. The van der Waals surface area contributed by atoms with Crippen molar-refractivity contribution in [3.05, 3.63) is 24.0 Å². The molecule has 0 spiro atoms. The van der Waals surface area contributed by atoms with Crippen LogP contribution in [0.4, 0.5) is 0 Å². The van der Waals surface area contributed by atoms with Crippen LogP contribution in [0.15, 0.2) is 23.2 Å². The van der Waals surface area contributed by atoms with Gasteiger partial charge in [-0.15, -0.1) is 11.8 Å². The van der Waals surface area contributed by atoms with Gasteiger partial charge in [-0.2, -0.15) is 0 Å². The van der Waals surface area contributed by atoms with Gasteiger partial charge in [0.25, 0.3) is 0 Å². The molecule has 5 nitrogen and oxygen atoms in total. The number of aliphatic hydroxyl groups is 1. The number of carbonyl (C=O) groups is 1. The fourth-order valence-corrected chi connectivity index (χ4v) is 1.88. The molecule has 1 rings (SSSR count). The minimum absolute atomic E-state index is 0.00577. The Hall–Kier alpha value is -1.11. The molecule has 1 heterocycles. The van der Waals surface area contributed by atoms with Crippen molar-refractivity contribution in [1.29, 1.82) is 0 Å². The van der Waals surface area contributed by atoms with Crippen LogP contribution in [0.25, 0.3) is 0 Å². The highest BCUT2D eigenvalue weighted by Gasteiger charge is 2.07. The second kappa shape index (κ2) is 6.47. The van der Waals surface area contributed by atoms with E-state index >= 15 is 0 Å². The first kappa shape index (κ1) is 13.0. The van der Waals surface area contributed by atoms with E-state index < -0.39 is 12.1 Å². The highest BCUT2D eigenvalue weighted by Crippen LogP contribution is 2.18. The van der Waals surface area contributed by atoms with Crippen molar-refractivity contribution < 1.29 is 19.7 Å². The largest absolute Gasteiger partial charge is 0.477 e. The van der Waals surface area contributed by atoms with E-state index in [0.717, 1.165) is 4.90 Å². The maximum absolute atomic E-state index is 10.7. The van der Waals surface area contributed by atoms with Crippen molar-refractivity contribution >= 4 is 17.7 Å². The molecule has 0 saturated carbocycles. The summed E-state index contributed by atoms with van der Waals surface area (Å²) in [6.07, 6.45) is 0.880. The van der Waals surface area contributed by atoms with Gasteiger partial charge in [0.15, 0.2) is 0 Å². The number of carboxylic acid groups (broad SMARTS) is 1. The van der Waals surface area contributed by atoms with Crippen LogP contribution in [0, 0.1) is 0 Å². The second-order valence-corrected chi connectivity index (χ2v) is 4.20. The molecule has 0 aliphatic heterocycles. The van der Waals surface area contributed by atoms with Gasteiger partial charge in [-0.25, -0.2) is 9.78 Å². The topological polar surface area (TPSA) is 79.7 Å². The second-order valence-electron chi connectivity index (χ2n) is 3.10. The maximum atomic E-state index is 10.7. The van der Waals surface area contributed by atoms with Crippen LogP contribution < -0.4 is 0 Å². The molecule has 0 bridgehead atoms. The molecule has 0 fully saturated rings. The molecule has 0 saturated heterocycles. The van der Waals surface area contributed by atoms with Crippen molar-refractivity contribution in [2.45, 2.75) is 11.0 Å². The SMILES string of the molecule is COCC(O)CSc1ccnc(C(=O)O)c1. The van der Waals surface area contributed by atoms with Crippen LogP contribution in [0.2, 0.25) is 0 Å². The molecule has 6 heteroatoms. The molecule has 0 amide bonds. The van der Waals surface area contributed by atoms with Crippen LogP contribution in [-0.4, -0.2) is 46.7 Å². The Morgan fingerprint density at radius 2 is 2.44 bits per heavy atom. The van der Waals surface area contributed by atoms with Gasteiger partial charge in [0.05, 0.1) is 12.7 Å². The van der Waals surface area contributed by atoms with Crippen molar-refractivity contribution in [2.75, 3.05) is 19.5 Å². The lowest BCUT2D eigenvalue weighted by atomic mass is 10.3. The van der Waals surface area contributed by atoms with Gasteiger partial charge in [0.2, 0.25) is 0 Å². The van der Waals surface area contributed by atoms with Gasteiger partial charge in [-0.3, -0.25) is 0 Å². The normalized spacial score (nSPS) is 12.4. The molecular formula is C10H13NO4S. The van der Waals surface area contributed by atoms with Crippen molar-refractivity contribution in [1.82, 2.24) is 4.98 Å². The van der Waals surface area contributed by atoms with E-state index in [1.807, 2.05) is 0 Å². The molecule has 2 N–H and O–H groups in total. The summed E-state index contributed by atoms with van der Waals surface area (Å²) in [5.74, 6) is -0.600. The first-order valence-corrected chi connectivity index (χ1v) is 5.61. The summed E-state index contributed by atoms with van der Waals surface area (Å²) < 4.78 is 4.78. The summed E-state index contributed by atoms with van der Waals surface area (Å²) in [5, 5.41) is 18.1. The van der Waals surface area contributed by atoms with Gasteiger partial charge < -0.3 is 14.9 Å². The quantitative estimate of drug-likeness (QED) is 0.722. The van der Waals surface area contributed by atoms with Gasteiger partial charge in [0, 0.05) is 24.0 Å². The molecule has 1 atom stereocenters. The number of ether oxygens (including phenoxy) is 1. The number of rotatable bonds is 6. The highest BCUT2D eigenvalue weighted by molar-refractivity contribution is 7.99. The molecule has 0 aliphatic carbocycles. The number of aromatic nitrogens is 1. The lowest BCUT2D eigenvalue weighted by Crippen LogP contribution is -2.16. The monoisotopic (exact) mass is 243 g/mol. The van der Waals surface area contributed by atoms with E-state index in [1.54, 1.807) is 6.07 Å². The summed E-state index contributed by atoms with van der Waals surface area (Å²) in [4.78, 5) is 15.1. The summed E-state index contributed by atoms with van der Waals surface area (Å²) in [5.41, 5.74) is 0.00577. The number of methoxy groups -OCH3 is 1. The molecule has 16 heavy (non-hydrogen) atoms. The van der Waals surface area contributed by atoms with Crippen LogP contribution in [-0.2, 0) is 4.74 Å². The van der Waals surface area contributed by atoms with Gasteiger partial charge >= 0.3 is 5.97 Å². The minimum Gasteiger partial charge on any atom is -0.477 e. The van der Waals surface area contributed by atoms with E-state index in [1.165, 1.54) is 31.1 Å². The van der Waals surface area contributed by atoms with Crippen molar-refractivity contribution in [3.63, 3.8) is 0 Å². The number of aromatic carboxylic acids is 1. The summed E-state index contributed by atoms with van der Waals surface area (Å²) >= 11 is 1.37. The lowest BCUT2D eigenvalue weighted by molar-refractivity contribution is 0.0690. The average Bonchev–Trinajstić information content (AvgIpc) is 2.27.